The molecule has 0 saturated carbocycles. The first-order valence-electron chi connectivity index (χ1n) is 12.4. The van der Waals surface area contributed by atoms with Crippen molar-refractivity contribution in [2.24, 2.45) is 0 Å². The van der Waals surface area contributed by atoms with E-state index >= 15 is 0 Å². The summed E-state index contributed by atoms with van der Waals surface area (Å²) < 4.78 is 7.75. The molecule has 3 aromatic rings. The minimum atomic E-state index is -0.306. The summed E-state index contributed by atoms with van der Waals surface area (Å²) in [5.41, 5.74) is 2.59. The molecule has 11 heteroatoms. The number of likely N-dealkylation sites (tertiary alicyclic amines) is 1. The maximum atomic E-state index is 13.0. The van der Waals surface area contributed by atoms with Crippen LogP contribution < -0.4 is 10.1 Å². The standard InChI is InChI=1S/C26H28ClN5O3.CH2O2/c27-20-7-4-8-21(15-20)32-24(16-23(29-32)26(34)31-17-25(33)28-18-31)19-6-3-9-22(14-19)35-13-5-12-30-10-1-2-11-30;2-1-3/h3-4,6-9,14-16H,1-2,5,10-13,17-18H2,(H,28,33);1H,(H,2,3). The van der Waals surface area contributed by atoms with Crippen molar-refractivity contribution < 1.29 is 24.2 Å². The van der Waals surface area contributed by atoms with Crippen molar-refractivity contribution in [2.45, 2.75) is 19.3 Å². The Bertz CT molecular complexity index is 1270. The fourth-order valence-electron chi connectivity index (χ4n) is 4.50. The summed E-state index contributed by atoms with van der Waals surface area (Å²) in [4.78, 5) is 36.9. The van der Waals surface area contributed by atoms with Crippen LogP contribution in [0.5, 0.6) is 5.75 Å². The molecule has 2 saturated heterocycles. The molecule has 10 nitrogen and oxygen atoms in total. The highest BCUT2D eigenvalue weighted by Crippen LogP contribution is 2.29. The summed E-state index contributed by atoms with van der Waals surface area (Å²) in [5, 5.41) is 14.7. The highest BCUT2D eigenvalue weighted by Gasteiger charge is 2.27. The minimum Gasteiger partial charge on any atom is -0.494 e. The summed E-state index contributed by atoms with van der Waals surface area (Å²) in [6.45, 7) is 4.03. The van der Waals surface area contributed by atoms with E-state index in [4.69, 9.17) is 26.2 Å². The number of amides is 2. The molecule has 38 heavy (non-hydrogen) atoms. The quantitative estimate of drug-likeness (QED) is 0.333. The van der Waals surface area contributed by atoms with E-state index in [0.717, 1.165) is 35.7 Å². The van der Waals surface area contributed by atoms with Gasteiger partial charge in [-0.3, -0.25) is 14.4 Å². The number of hydrogen-bond acceptors (Lipinski definition) is 6. The fraction of sp³-hybridized carbons (Fsp3) is 0.333. The molecule has 2 aliphatic heterocycles. The molecule has 200 valence electrons. The molecule has 2 amide bonds. The maximum Gasteiger partial charge on any atom is 0.290 e. The van der Waals surface area contributed by atoms with E-state index < -0.39 is 0 Å². The monoisotopic (exact) mass is 539 g/mol. The topological polar surface area (TPSA) is 117 Å². The number of ether oxygens (including phenoxy) is 1. The second-order valence-electron chi connectivity index (χ2n) is 8.95. The van der Waals surface area contributed by atoms with Gasteiger partial charge in [-0.25, -0.2) is 4.68 Å². The van der Waals surface area contributed by atoms with Gasteiger partial charge in [0.1, 0.15) is 12.3 Å². The van der Waals surface area contributed by atoms with E-state index in [1.54, 1.807) is 22.9 Å². The van der Waals surface area contributed by atoms with Crippen LogP contribution in [0.3, 0.4) is 0 Å². The number of rotatable bonds is 8. The van der Waals surface area contributed by atoms with Gasteiger partial charge in [0.05, 0.1) is 24.7 Å². The lowest BCUT2D eigenvalue weighted by molar-refractivity contribution is -0.123. The van der Waals surface area contributed by atoms with Crippen LogP contribution in [-0.2, 0) is 9.59 Å². The molecule has 0 spiro atoms. The van der Waals surface area contributed by atoms with Gasteiger partial charge in [0.15, 0.2) is 5.69 Å². The molecular weight excluding hydrogens is 510 g/mol. The van der Waals surface area contributed by atoms with Crippen LogP contribution in [-0.4, -0.2) is 82.4 Å². The SMILES string of the molecule is O=C1CN(C(=O)c2cc(-c3cccc(OCCCN4CCCC4)c3)n(-c3cccc(Cl)c3)n2)CN1.O=CO. The molecule has 0 bridgehead atoms. The highest BCUT2D eigenvalue weighted by atomic mass is 35.5. The number of carbonyl (C=O) groups excluding carboxylic acids is 2. The fourth-order valence-corrected chi connectivity index (χ4v) is 4.68. The molecular formula is C27H30ClN5O5. The van der Waals surface area contributed by atoms with Crippen LogP contribution in [0.25, 0.3) is 16.9 Å². The average Bonchev–Trinajstić information content (AvgIpc) is 3.68. The van der Waals surface area contributed by atoms with Crippen molar-refractivity contribution in [1.29, 1.82) is 0 Å². The molecule has 2 aliphatic rings. The first-order chi connectivity index (χ1) is 18.5. The van der Waals surface area contributed by atoms with Crippen molar-refractivity contribution in [3.63, 3.8) is 0 Å². The average molecular weight is 540 g/mol. The molecule has 0 radical (unpaired) electrons. The number of nitrogens with one attached hydrogen (secondary N) is 1. The lowest BCUT2D eigenvalue weighted by atomic mass is 10.1. The Kier molecular flexibility index (Phi) is 9.34. The van der Waals surface area contributed by atoms with E-state index in [1.807, 2.05) is 36.4 Å². The van der Waals surface area contributed by atoms with Gasteiger partial charge in [0, 0.05) is 17.1 Å². The number of benzene rings is 2. The van der Waals surface area contributed by atoms with Crippen LogP contribution in [0.2, 0.25) is 5.02 Å². The van der Waals surface area contributed by atoms with Crippen molar-refractivity contribution in [1.82, 2.24) is 24.9 Å². The van der Waals surface area contributed by atoms with Gasteiger partial charge < -0.3 is 25.0 Å². The largest absolute Gasteiger partial charge is 0.494 e. The molecule has 1 aromatic heterocycles. The van der Waals surface area contributed by atoms with Crippen molar-refractivity contribution in [3.8, 4) is 22.7 Å². The van der Waals surface area contributed by atoms with E-state index in [-0.39, 0.29) is 37.2 Å². The van der Waals surface area contributed by atoms with Crippen LogP contribution in [0.15, 0.2) is 54.6 Å². The van der Waals surface area contributed by atoms with Crippen LogP contribution in [0, 0.1) is 0 Å². The van der Waals surface area contributed by atoms with Gasteiger partial charge in [-0.1, -0.05) is 29.8 Å². The van der Waals surface area contributed by atoms with E-state index in [1.165, 1.54) is 30.8 Å². The third kappa shape index (κ3) is 6.90. The van der Waals surface area contributed by atoms with Crippen LogP contribution in [0.4, 0.5) is 0 Å². The summed E-state index contributed by atoms with van der Waals surface area (Å²) in [6, 6.07) is 16.9. The van der Waals surface area contributed by atoms with E-state index in [2.05, 4.69) is 15.3 Å². The zero-order chi connectivity index (χ0) is 26.9. The molecule has 0 aliphatic carbocycles. The summed E-state index contributed by atoms with van der Waals surface area (Å²) in [6.07, 6.45) is 3.56. The van der Waals surface area contributed by atoms with Gasteiger partial charge in [0.2, 0.25) is 5.91 Å². The molecule has 3 heterocycles. The Balaban J connectivity index is 0.00000107. The molecule has 5 rings (SSSR count). The first-order valence-corrected chi connectivity index (χ1v) is 12.8. The Labute approximate surface area is 225 Å². The minimum absolute atomic E-state index is 0.0267. The number of halogens is 1. The second-order valence-corrected chi connectivity index (χ2v) is 9.39. The van der Waals surface area contributed by atoms with Gasteiger partial charge in [-0.2, -0.15) is 5.10 Å². The first kappa shape index (κ1) is 27.2. The van der Waals surface area contributed by atoms with E-state index in [9.17, 15) is 9.59 Å². The van der Waals surface area contributed by atoms with E-state index in [0.29, 0.717) is 11.6 Å². The summed E-state index contributed by atoms with van der Waals surface area (Å²) >= 11 is 6.24. The van der Waals surface area contributed by atoms with Gasteiger partial charge in [0.25, 0.3) is 12.4 Å². The van der Waals surface area contributed by atoms with Crippen LogP contribution >= 0.6 is 11.6 Å². The Hall–Kier alpha value is -3.89. The number of hydrogen-bond donors (Lipinski definition) is 2. The van der Waals surface area contributed by atoms with Gasteiger partial charge >= 0.3 is 0 Å². The number of aromatic nitrogens is 2. The Morgan fingerprint density at radius 3 is 2.61 bits per heavy atom. The maximum absolute atomic E-state index is 13.0. The van der Waals surface area contributed by atoms with Crippen LogP contribution in [0.1, 0.15) is 29.8 Å². The number of carbonyl (C=O) groups is 3. The smallest absolute Gasteiger partial charge is 0.290 e. The molecule has 0 unspecified atom stereocenters. The number of nitrogens with zero attached hydrogens (tertiary/aromatic N) is 4. The predicted octanol–water partition coefficient (Wildman–Crippen LogP) is 3.29. The van der Waals surface area contributed by atoms with Crippen molar-refractivity contribution in [2.75, 3.05) is 39.5 Å². The zero-order valence-electron chi connectivity index (χ0n) is 20.9. The predicted molar refractivity (Wildman–Crippen MR) is 143 cm³/mol. The summed E-state index contributed by atoms with van der Waals surface area (Å²) in [7, 11) is 0. The normalized spacial score (nSPS) is 15.1. The third-order valence-electron chi connectivity index (χ3n) is 6.29. The second kappa shape index (κ2) is 13.1. The number of carboxylic acid groups (broad SMARTS) is 1. The lowest BCUT2D eigenvalue weighted by Gasteiger charge is -2.14. The Morgan fingerprint density at radius 2 is 1.89 bits per heavy atom. The molecule has 2 N–H and O–H groups in total. The summed E-state index contributed by atoms with van der Waals surface area (Å²) in [5.74, 6) is 0.284. The third-order valence-corrected chi connectivity index (χ3v) is 6.52. The molecule has 2 aromatic carbocycles. The highest BCUT2D eigenvalue weighted by molar-refractivity contribution is 6.30. The van der Waals surface area contributed by atoms with Crippen molar-refractivity contribution in [3.05, 3.63) is 65.3 Å². The molecule has 0 atom stereocenters. The lowest BCUT2D eigenvalue weighted by Crippen LogP contribution is -2.30. The Morgan fingerprint density at radius 1 is 1.13 bits per heavy atom. The zero-order valence-corrected chi connectivity index (χ0v) is 21.6. The molecule has 2 fully saturated rings. The van der Waals surface area contributed by atoms with Gasteiger partial charge in [-0.05, 0) is 68.8 Å². The van der Waals surface area contributed by atoms with Gasteiger partial charge in [-0.15, -0.1) is 0 Å². The van der Waals surface area contributed by atoms with Crippen molar-refractivity contribution >= 4 is 29.9 Å².